The van der Waals surface area contributed by atoms with Crippen LogP contribution < -0.4 is 0 Å². The predicted octanol–water partition coefficient (Wildman–Crippen LogP) is 2.89. The molecule has 2 rings (SSSR count). The summed E-state index contributed by atoms with van der Waals surface area (Å²) in [5, 5.41) is 9.68. The van der Waals surface area contributed by atoms with E-state index in [2.05, 4.69) is 4.98 Å². The molecular weight excluding hydrogens is 210 g/mol. The monoisotopic (exact) mass is 219 g/mol. The van der Waals surface area contributed by atoms with Gasteiger partial charge in [-0.3, -0.25) is 4.98 Å². The van der Waals surface area contributed by atoms with Crippen LogP contribution in [0, 0.1) is 0 Å². The van der Waals surface area contributed by atoms with Gasteiger partial charge in [0.2, 0.25) is 0 Å². The van der Waals surface area contributed by atoms with Crippen molar-refractivity contribution < 1.29 is 5.11 Å². The average Bonchev–Trinajstić information content (AvgIpc) is 2.30. The maximum absolute atomic E-state index is 9.02. The molecule has 1 aromatic heterocycles. The molecule has 0 unspecified atom stereocenters. The second-order valence-electron chi connectivity index (χ2n) is 3.19. The van der Waals surface area contributed by atoms with Gasteiger partial charge >= 0.3 is 0 Å². The molecule has 0 saturated carbocycles. The van der Waals surface area contributed by atoms with Crippen LogP contribution in [0.25, 0.3) is 11.3 Å². The summed E-state index contributed by atoms with van der Waals surface area (Å²) in [6, 6.07) is 11.1. The zero-order chi connectivity index (χ0) is 10.7. The predicted molar refractivity (Wildman–Crippen MR) is 60.6 cm³/mol. The number of rotatable bonds is 2. The molecule has 1 N–H and O–H groups in total. The lowest BCUT2D eigenvalue weighted by atomic mass is 10.1. The van der Waals surface area contributed by atoms with Crippen molar-refractivity contribution in [1.29, 1.82) is 0 Å². The van der Waals surface area contributed by atoms with Gasteiger partial charge in [0.15, 0.2) is 0 Å². The van der Waals surface area contributed by atoms with E-state index in [0.29, 0.717) is 5.02 Å². The fourth-order valence-electron chi connectivity index (χ4n) is 1.39. The summed E-state index contributed by atoms with van der Waals surface area (Å²) in [7, 11) is 0. The van der Waals surface area contributed by atoms with Gasteiger partial charge in [0.1, 0.15) is 0 Å². The first kappa shape index (κ1) is 10.1. The average molecular weight is 220 g/mol. The Morgan fingerprint density at radius 1 is 1.20 bits per heavy atom. The molecule has 0 aliphatic carbocycles. The molecule has 0 saturated heterocycles. The highest BCUT2D eigenvalue weighted by Gasteiger charge is 2.03. The van der Waals surface area contributed by atoms with E-state index in [1.807, 2.05) is 30.3 Å². The molecule has 0 spiro atoms. The van der Waals surface area contributed by atoms with Crippen LogP contribution in [0.15, 0.2) is 42.6 Å². The van der Waals surface area contributed by atoms with Gasteiger partial charge in [-0.15, -0.1) is 0 Å². The van der Waals surface area contributed by atoms with Crippen LogP contribution in [-0.2, 0) is 6.61 Å². The van der Waals surface area contributed by atoms with E-state index in [4.69, 9.17) is 16.7 Å². The molecule has 2 nitrogen and oxygen atoms in total. The van der Waals surface area contributed by atoms with Crippen molar-refractivity contribution in [3.8, 4) is 11.3 Å². The Morgan fingerprint density at radius 3 is 2.73 bits per heavy atom. The van der Waals surface area contributed by atoms with Crippen molar-refractivity contribution in [2.24, 2.45) is 0 Å². The summed E-state index contributed by atoms with van der Waals surface area (Å²) >= 11 is 6.05. The molecule has 0 amide bonds. The Hall–Kier alpha value is -1.38. The molecule has 2 aromatic rings. The van der Waals surface area contributed by atoms with Crippen molar-refractivity contribution in [1.82, 2.24) is 4.98 Å². The third-order valence-electron chi connectivity index (χ3n) is 2.16. The quantitative estimate of drug-likeness (QED) is 0.843. The summed E-state index contributed by atoms with van der Waals surface area (Å²) < 4.78 is 0. The van der Waals surface area contributed by atoms with Crippen LogP contribution in [0.4, 0.5) is 0 Å². The lowest BCUT2D eigenvalue weighted by molar-refractivity contribution is 0.282. The number of aliphatic hydroxyl groups is 1. The SMILES string of the molecule is OCc1ccnc(-c2ccccc2Cl)c1. The van der Waals surface area contributed by atoms with Gasteiger partial charge in [-0.25, -0.2) is 0 Å². The lowest BCUT2D eigenvalue weighted by Crippen LogP contribution is -1.88. The Labute approximate surface area is 93.2 Å². The van der Waals surface area contributed by atoms with Crippen LogP contribution in [0.5, 0.6) is 0 Å². The molecule has 15 heavy (non-hydrogen) atoms. The van der Waals surface area contributed by atoms with Gasteiger partial charge in [-0.2, -0.15) is 0 Å². The van der Waals surface area contributed by atoms with Crippen LogP contribution in [0.2, 0.25) is 5.02 Å². The fraction of sp³-hybridized carbons (Fsp3) is 0.0833. The second-order valence-corrected chi connectivity index (χ2v) is 3.59. The van der Waals surface area contributed by atoms with Gasteiger partial charge in [-0.05, 0) is 23.8 Å². The smallest absolute Gasteiger partial charge is 0.0720 e. The van der Waals surface area contributed by atoms with E-state index >= 15 is 0 Å². The standard InChI is InChI=1S/C12H10ClNO/c13-11-4-2-1-3-10(11)12-7-9(8-15)5-6-14-12/h1-7,15H,8H2. The topological polar surface area (TPSA) is 33.1 Å². The molecule has 76 valence electrons. The molecule has 3 heteroatoms. The molecule has 0 aliphatic rings. The number of nitrogens with zero attached hydrogens (tertiary/aromatic N) is 1. The first-order chi connectivity index (χ1) is 7.31. The van der Waals surface area contributed by atoms with Gasteiger partial charge in [0.25, 0.3) is 0 Å². The molecule has 0 radical (unpaired) electrons. The highest BCUT2D eigenvalue weighted by Crippen LogP contribution is 2.26. The minimum Gasteiger partial charge on any atom is -0.392 e. The van der Waals surface area contributed by atoms with Gasteiger partial charge in [-0.1, -0.05) is 29.8 Å². The number of hydrogen-bond acceptors (Lipinski definition) is 2. The molecule has 0 atom stereocenters. The van der Waals surface area contributed by atoms with Gasteiger partial charge < -0.3 is 5.11 Å². The highest BCUT2D eigenvalue weighted by atomic mass is 35.5. The van der Waals surface area contributed by atoms with Crippen molar-refractivity contribution >= 4 is 11.6 Å². The van der Waals surface area contributed by atoms with Crippen LogP contribution in [-0.4, -0.2) is 10.1 Å². The Kier molecular flexibility index (Phi) is 2.99. The number of aromatic nitrogens is 1. The number of hydrogen-bond donors (Lipinski definition) is 1. The minimum atomic E-state index is 0.0139. The molecular formula is C12H10ClNO. The zero-order valence-electron chi connectivity index (χ0n) is 8.02. The largest absolute Gasteiger partial charge is 0.392 e. The minimum absolute atomic E-state index is 0.0139. The summed E-state index contributed by atoms with van der Waals surface area (Å²) in [6.45, 7) is 0.0139. The van der Waals surface area contributed by atoms with E-state index < -0.39 is 0 Å². The Balaban J connectivity index is 2.49. The lowest BCUT2D eigenvalue weighted by Gasteiger charge is -2.04. The molecule has 1 aromatic carbocycles. The summed E-state index contributed by atoms with van der Waals surface area (Å²) in [5.41, 5.74) is 2.50. The van der Waals surface area contributed by atoms with Gasteiger partial charge in [0, 0.05) is 16.8 Å². The first-order valence-corrected chi connectivity index (χ1v) is 5.00. The van der Waals surface area contributed by atoms with E-state index in [1.165, 1.54) is 0 Å². The van der Waals surface area contributed by atoms with E-state index in [9.17, 15) is 0 Å². The summed E-state index contributed by atoms with van der Waals surface area (Å²) in [5.74, 6) is 0. The zero-order valence-corrected chi connectivity index (χ0v) is 8.78. The maximum Gasteiger partial charge on any atom is 0.0720 e. The number of benzene rings is 1. The van der Waals surface area contributed by atoms with E-state index in [1.54, 1.807) is 12.3 Å². The Bertz CT molecular complexity index is 471. The van der Waals surface area contributed by atoms with Crippen LogP contribution >= 0.6 is 11.6 Å². The van der Waals surface area contributed by atoms with E-state index in [0.717, 1.165) is 16.8 Å². The third kappa shape index (κ3) is 2.17. The summed E-state index contributed by atoms with van der Waals surface area (Å²) in [4.78, 5) is 4.22. The van der Waals surface area contributed by atoms with Crippen molar-refractivity contribution in [3.05, 3.63) is 53.2 Å². The number of halogens is 1. The van der Waals surface area contributed by atoms with E-state index in [-0.39, 0.29) is 6.61 Å². The first-order valence-electron chi connectivity index (χ1n) is 4.62. The second kappa shape index (κ2) is 4.43. The van der Waals surface area contributed by atoms with Crippen molar-refractivity contribution in [2.75, 3.05) is 0 Å². The van der Waals surface area contributed by atoms with Gasteiger partial charge in [0.05, 0.1) is 12.3 Å². The molecule has 0 aliphatic heterocycles. The maximum atomic E-state index is 9.02. The number of aliphatic hydroxyl groups excluding tert-OH is 1. The fourth-order valence-corrected chi connectivity index (χ4v) is 1.62. The molecule has 0 bridgehead atoms. The Morgan fingerprint density at radius 2 is 2.00 bits per heavy atom. The highest BCUT2D eigenvalue weighted by molar-refractivity contribution is 6.33. The molecule has 1 heterocycles. The third-order valence-corrected chi connectivity index (χ3v) is 2.49. The van der Waals surface area contributed by atoms with Crippen molar-refractivity contribution in [2.45, 2.75) is 6.61 Å². The van der Waals surface area contributed by atoms with Crippen LogP contribution in [0.1, 0.15) is 5.56 Å². The van der Waals surface area contributed by atoms with Crippen molar-refractivity contribution in [3.63, 3.8) is 0 Å². The van der Waals surface area contributed by atoms with Crippen LogP contribution in [0.3, 0.4) is 0 Å². The normalized spacial score (nSPS) is 10.3. The summed E-state index contributed by atoms with van der Waals surface area (Å²) in [6.07, 6.45) is 1.67. The number of pyridine rings is 1. The molecule has 0 fully saturated rings.